The third-order valence-electron chi connectivity index (χ3n) is 7.57. The molecule has 1 saturated heterocycles. The molecule has 0 bridgehead atoms. The van der Waals surface area contributed by atoms with Crippen molar-refractivity contribution in [2.45, 2.75) is 51.2 Å². The lowest BCUT2D eigenvalue weighted by Gasteiger charge is -2.30. The third-order valence-corrected chi connectivity index (χ3v) is 7.57. The molecular formula is C28H34N6O4. The van der Waals surface area contributed by atoms with Crippen LogP contribution in [-0.2, 0) is 14.3 Å². The SMILES string of the molecule is NC=C(NC(=O)C1CCCCC1C(=O)c1ccc(-c2ccnn2C2CCCCO2)cc1)C1=NCCNC1=O. The molecular weight excluding hydrogens is 484 g/mol. The van der Waals surface area contributed by atoms with Crippen molar-refractivity contribution in [1.82, 2.24) is 20.4 Å². The maximum absolute atomic E-state index is 13.6. The third kappa shape index (κ3) is 5.40. The summed E-state index contributed by atoms with van der Waals surface area (Å²) in [5.41, 5.74) is 8.48. The molecule has 2 fully saturated rings. The van der Waals surface area contributed by atoms with Gasteiger partial charge in [-0.25, -0.2) is 4.68 Å². The first kappa shape index (κ1) is 25.8. The van der Waals surface area contributed by atoms with Crippen LogP contribution in [0.3, 0.4) is 0 Å². The lowest BCUT2D eigenvalue weighted by Crippen LogP contribution is -2.45. The summed E-state index contributed by atoms with van der Waals surface area (Å²) < 4.78 is 7.82. The van der Waals surface area contributed by atoms with Crippen molar-refractivity contribution < 1.29 is 19.1 Å². The van der Waals surface area contributed by atoms with Gasteiger partial charge >= 0.3 is 0 Å². The molecule has 2 aromatic rings. The summed E-state index contributed by atoms with van der Waals surface area (Å²) in [5, 5.41) is 9.95. The van der Waals surface area contributed by atoms with E-state index in [1.54, 1.807) is 6.20 Å². The van der Waals surface area contributed by atoms with Crippen LogP contribution >= 0.6 is 0 Å². The van der Waals surface area contributed by atoms with Crippen LogP contribution in [0.2, 0.25) is 0 Å². The molecule has 3 aliphatic rings. The molecule has 10 heteroatoms. The van der Waals surface area contributed by atoms with E-state index in [0.29, 0.717) is 31.5 Å². The van der Waals surface area contributed by atoms with Crippen LogP contribution in [0.1, 0.15) is 61.5 Å². The number of benzene rings is 1. The van der Waals surface area contributed by atoms with Gasteiger partial charge in [-0.2, -0.15) is 5.10 Å². The van der Waals surface area contributed by atoms with Gasteiger partial charge in [0.15, 0.2) is 12.0 Å². The summed E-state index contributed by atoms with van der Waals surface area (Å²) in [6, 6.07) is 9.46. The van der Waals surface area contributed by atoms with Crippen LogP contribution in [0, 0.1) is 11.8 Å². The van der Waals surface area contributed by atoms with Crippen molar-refractivity contribution in [2.24, 2.45) is 22.6 Å². The van der Waals surface area contributed by atoms with E-state index in [2.05, 4.69) is 20.7 Å². The van der Waals surface area contributed by atoms with E-state index in [1.807, 2.05) is 35.0 Å². The minimum atomic E-state index is -0.511. The zero-order valence-electron chi connectivity index (χ0n) is 21.4. The van der Waals surface area contributed by atoms with E-state index in [1.165, 1.54) is 6.20 Å². The number of amides is 2. The molecule has 1 aliphatic carbocycles. The Morgan fingerprint density at radius 3 is 2.53 bits per heavy atom. The van der Waals surface area contributed by atoms with Gasteiger partial charge in [0, 0.05) is 42.9 Å². The van der Waals surface area contributed by atoms with Gasteiger partial charge in [0.05, 0.1) is 17.9 Å². The van der Waals surface area contributed by atoms with Crippen LogP contribution in [0.25, 0.3) is 11.3 Å². The molecule has 0 radical (unpaired) electrons. The normalized spacial score (nSPS) is 24.3. The highest BCUT2D eigenvalue weighted by atomic mass is 16.5. The molecule has 3 atom stereocenters. The number of nitrogens with zero attached hydrogens (tertiary/aromatic N) is 3. The van der Waals surface area contributed by atoms with Crippen LogP contribution in [0.4, 0.5) is 0 Å². The summed E-state index contributed by atoms with van der Waals surface area (Å²) in [6.45, 7) is 1.60. The summed E-state index contributed by atoms with van der Waals surface area (Å²) >= 11 is 0. The molecule has 1 aromatic heterocycles. The molecule has 4 N–H and O–H groups in total. The lowest BCUT2D eigenvalue weighted by atomic mass is 9.75. The number of ether oxygens (including phenoxy) is 1. The molecule has 0 spiro atoms. The first-order chi connectivity index (χ1) is 18.6. The topological polar surface area (TPSA) is 141 Å². The van der Waals surface area contributed by atoms with Gasteiger partial charge in [0.25, 0.3) is 5.91 Å². The Balaban J connectivity index is 1.30. The van der Waals surface area contributed by atoms with Crippen molar-refractivity contribution in [3.8, 4) is 11.3 Å². The first-order valence-corrected chi connectivity index (χ1v) is 13.4. The Hall–Kier alpha value is -3.79. The second-order valence-corrected chi connectivity index (χ2v) is 9.98. The fourth-order valence-electron chi connectivity index (χ4n) is 5.57. The molecule has 2 amide bonds. The smallest absolute Gasteiger partial charge is 0.271 e. The second-order valence-electron chi connectivity index (χ2n) is 9.98. The predicted molar refractivity (Wildman–Crippen MR) is 142 cm³/mol. The van der Waals surface area contributed by atoms with E-state index >= 15 is 0 Å². The highest BCUT2D eigenvalue weighted by Gasteiger charge is 2.37. The number of hydrogen-bond acceptors (Lipinski definition) is 7. The molecule has 1 aromatic carbocycles. The minimum Gasteiger partial charge on any atom is -0.403 e. The molecule has 3 heterocycles. The van der Waals surface area contributed by atoms with Gasteiger partial charge in [-0.05, 0) is 43.7 Å². The second kappa shape index (κ2) is 11.7. The Labute approximate surface area is 221 Å². The summed E-state index contributed by atoms with van der Waals surface area (Å²) in [6.07, 6.45) is 8.95. The van der Waals surface area contributed by atoms with E-state index in [0.717, 1.165) is 50.0 Å². The molecule has 10 nitrogen and oxygen atoms in total. The van der Waals surface area contributed by atoms with Crippen molar-refractivity contribution >= 4 is 23.3 Å². The number of rotatable bonds is 7. The number of carbonyl (C=O) groups excluding carboxylic acids is 3. The largest absolute Gasteiger partial charge is 0.403 e. The lowest BCUT2D eigenvalue weighted by molar-refractivity contribution is -0.126. The minimum absolute atomic E-state index is 0.0495. The fourth-order valence-corrected chi connectivity index (χ4v) is 5.57. The molecule has 5 rings (SSSR count). The molecule has 200 valence electrons. The van der Waals surface area contributed by atoms with Crippen molar-refractivity contribution in [2.75, 3.05) is 19.7 Å². The monoisotopic (exact) mass is 518 g/mol. The van der Waals surface area contributed by atoms with Crippen molar-refractivity contribution in [1.29, 1.82) is 0 Å². The molecule has 3 unspecified atom stereocenters. The van der Waals surface area contributed by atoms with Gasteiger partial charge in [-0.1, -0.05) is 37.1 Å². The zero-order valence-corrected chi connectivity index (χ0v) is 21.4. The zero-order chi connectivity index (χ0) is 26.5. The van der Waals surface area contributed by atoms with Crippen molar-refractivity contribution in [3.63, 3.8) is 0 Å². The highest BCUT2D eigenvalue weighted by molar-refractivity contribution is 6.45. The fraction of sp³-hybridized carbons (Fsp3) is 0.464. The number of aliphatic imine (C=N–C) groups is 1. The maximum Gasteiger partial charge on any atom is 0.271 e. The van der Waals surface area contributed by atoms with Gasteiger partial charge in [-0.3, -0.25) is 19.4 Å². The Bertz CT molecular complexity index is 1240. The number of ketones is 1. The molecule has 38 heavy (non-hydrogen) atoms. The highest BCUT2D eigenvalue weighted by Crippen LogP contribution is 2.34. The molecule has 1 saturated carbocycles. The number of nitrogens with one attached hydrogen (secondary N) is 2. The van der Waals surface area contributed by atoms with E-state index < -0.39 is 11.8 Å². The summed E-state index contributed by atoms with van der Waals surface area (Å²) in [4.78, 5) is 43.3. The average Bonchev–Trinajstić information content (AvgIpc) is 3.46. The van der Waals surface area contributed by atoms with E-state index in [-0.39, 0.29) is 35.2 Å². The average molecular weight is 519 g/mol. The summed E-state index contributed by atoms with van der Waals surface area (Å²) in [7, 11) is 0. The first-order valence-electron chi connectivity index (χ1n) is 13.4. The number of Topliss-reactive ketones (excluding diaryl/α,β-unsaturated/α-hetero) is 1. The van der Waals surface area contributed by atoms with Gasteiger partial charge in [0.2, 0.25) is 5.91 Å². The van der Waals surface area contributed by atoms with Gasteiger partial charge in [0.1, 0.15) is 5.71 Å². The number of carbonyl (C=O) groups is 3. The molecule has 2 aliphatic heterocycles. The van der Waals surface area contributed by atoms with E-state index in [4.69, 9.17) is 10.5 Å². The van der Waals surface area contributed by atoms with Crippen LogP contribution < -0.4 is 16.4 Å². The Kier molecular flexibility index (Phi) is 7.97. The number of nitrogens with two attached hydrogens (primary N) is 1. The quantitative estimate of drug-likeness (QED) is 0.482. The standard InChI is InChI=1S/C28H34N6O4/c29-17-22(25-28(37)31-15-14-30-25)33-27(36)21-6-2-1-5-20(21)26(35)19-10-8-18(9-11-19)23-12-13-32-34(23)24-7-3-4-16-38-24/h8-13,17,20-21,24H,1-7,14-16,29H2,(H,31,37)(H,33,36). The Morgan fingerprint density at radius 1 is 1.05 bits per heavy atom. The Morgan fingerprint density at radius 2 is 1.82 bits per heavy atom. The summed E-state index contributed by atoms with van der Waals surface area (Å²) in [5.74, 6) is -1.69. The van der Waals surface area contributed by atoms with Crippen LogP contribution in [-0.4, -0.2) is 52.8 Å². The predicted octanol–water partition coefficient (Wildman–Crippen LogP) is 2.73. The van der Waals surface area contributed by atoms with E-state index in [9.17, 15) is 14.4 Å². The maximum atomic E-state index is 13.6. The number of aromatic nitrogens is 2. The van der Waals surface area contributed by atoms with Gasteiger partial charge in [-0.15, -0.1) is 0 Å². The van der Waals surface area contributed by atoms with Crippen LogP contribution in [0.5, 0.6) is 0 Å². The van der Waals surface area contributed by atoms with Gasteiger partial charge < -0.3 is 21.1 Å². The van der Waals surface area contributed by atoms with Crippen molar-refractivity contribution in [3.05, 3.63) is 54.0 Å². The number of hydrogen-bond donors (Lipinski definition) is 3. The van der Waals surface area contributed by atoms with Crippen LogP contribution in [0.15, 0.2) is 53.4 Å².